The molecule has 22 heavy (non-hydrogen) atoms. The highest BCUT2D eigenvalue weighted by molar-refractivity contribution is 5.90. The highest BCUT2D eigenvalue weighted by atomic mass is 16.5. The van der Waals surface area contributed by atoms with Crippen LogP contribution in [-0.2, 0) is 16.6 Å². The number of carbonyl (C=O) groups excluding carboxylic acids is 1. The summed E-state index contributed by atoms with van der Waals surface area (Å²) in [5, 5.41) is 25.4. The third-order valence-electron chi connectivity index (χ3n) is 6.48. The number of nitrogens with one attached hydrogen (secondary N) is 1. The Morgan fingerprint density at radius 3 is 3.00 bits per heavy atom. The lowest BCUT2D eigenvalue weighted by Crippen LogP contribution is -2.78. The van der Waals surface area contributed by atoms with E-state index in [9.17, 15) is 15.0 Å². The van der Waals surface area contributed by atoms with Crippen molar-refractivity contribution in [3.8, 4) is 11.5 Å². The Balaban J connectivity index is 1.90. The monoisotopic (exact) mass is 301 g/mol. The van der Waals surface area contributed by atoms with E-state index < -0.39 is 17.1 Å². The van der Waals surface area contributed by atoms with Gasteiger partial charge in [0.25, 0.3) is 0 Å². The van der Waals surface area contributed by atoms with Gasteiger partial charge in [-0.1, -0.05) is 13.0 Å². The molecule has 1 spiro atoms. The van der Waals surface area contributed by atoms with Crippen LogP contribution in [0.25, 0.3) is 0 Å². The minimum atomic E-state index is -1.00. The summed E-state index contributed by atoms with van der Waals surface area (Å²) in [6, 6.07) is 3.47. The van der Waals surface area contributed by atoms with Gasteiger partial charge in [-0.3, -0.25) is 4.79 Å². The van der Waals surface area contributed by atoms with Gasteiger partial charge in [-0.15, -0.1) is 0 Å². The van der Waals surface area contributed by atoms with Crippen molar-refractivity contribution in [3.05, 3.63) is 23.3 Å². The van der Waals surface area contributed by atoms with Gasteiger partial charge in [0.15, 0.2) is 23.4 Å². The Morgan fingerprint density at radius 1 is 1.36 bits per heavy atom. The summed E-state index contributed by atoms with van der Waals surface area (Å²) in [5.41, 5.74) is 0.256. The van der Waals surface area contributed by atoms with Crippen molar-refractivity contribution in [2.75, 3.05) is 6.54 Å². The predicted octanol–water partition coefficient (Wildman–Crippen LogP) is 0.649. The Kier molecular flexibility index (Phi) is 2.15. The first kappa shape index (κ1) is 12.9. The topological polar surface area (TPSA) is 78.8 Å². The van der Waals surface area contributed by atoms with Gasteiger partial charge < -0.3 is 20.3 Å². The Hall–Kier alpha value is -1.59. The van der Waals surface area contributed by atoms with Crippen molar-refractivity contribution >= 4 is 5.78 Å². The highest BCUT2D eigenvalue weighted by Gasteiger charge is 2.73. The van der Waals surface area contributed by atoms with Crippen LogP contribution in [0.1, 0.15) is 30.9 Å². The quantitative estimate of drug-likeness (QED) is 0.656. The van der Waals surface area contributed by atoms with Gasteiger partial charge in [-0.2, -0.15) is 0 Å². The smallest absolute Gasteiger partial charge is 0.174 e. The SMILES string of the molecule is CC1CC(=O)[C@@H]2Oc3c(O)ccc4c3[C@@]23CCN[C@H](C4)[C@]13O. The van der Waals surface area contributed by atoms with Gasteiger partial charge in [0, 0.05) is 18.0 Å². The van der Waals surface area contributed by atoms with Crippen molar-refractivity contribution in [1.29, 1.82) is 0 Å². The molecule has 0 amide bonds. The normalized spacial score (nSPS) is 44.5. The molecule has 5 atom stereocenters. The second kappa shape index (κ2) is 3.66. The van der Waals surface area contributed by atoms with Crippen LogP contribution in [0.5, 0.6) is 11.5 Å². The Morgan fingerprint density at radius 2 is 2.18 bits per heavy atom. The van der Waals surface area contributed by atoms with Crippen molar-refractivity contribution in [2.45, 2.75) is 49.3 Å². The van der Waals surface area contributed by atoms with Gasteiger partial charge in [0.1, 0.15) is 0 Å². The molecular weight excluding hydrogens is 282 g/mol. The van der Waals surface area contributed by atoms with E-state index in [4.69, 9.17) is 4.74 Å². The number of ether oxygens (including phenoxy) is 1. The van der Waals surface area contributed by atoms with Crippen molar-refractivity contribution in [3.63, 3.8) is 0 Å². The number of aromatic hydroxyl groups is 1. The van der Waals surface area contributed by atoms with Crippen LogP contribution in [0.4, 0.5) is 0 Å². The lowest BCUT2D eigenvalue weighted by atomic mass is 9.46. The van der Waals surface area contributed by atoms with E-state index >= 15 is 0 Å². The second-order valence-electron chi connectivity index (χ2n) is 7.27. The fraction of sp³-hybridized carbons (Fsp3) is 0.588. The van der Waals surface area contributed by atoms with Crippen LogP contribution in [-0.4, -0.2) is 40.3 Å². The van der Waals surface area contributed by atoms with E-state index in [-0.39, 0.29) is 23.5 Å². The van der Waals surface area contributed by atoms with Gasteiger partial charge >= 0.3 is 0 Å². The number of hydrogen-bond acceptors (Lipinski definition) is 5. The third kappa shape index (κ3) is 1.09. The summed E-state index contributed by atoms with van der Waals surface area (Å²) < 4.78 is 5.95. The van der Waals surface area contributed by atoms with Gasteiger partial charge in [-0.25, -0.2) is 0 Å². The molecule has 1 aromatic carbocycles. The maximum Gasteiger partial charge on any atom is 0.174 e. The predicted molar refractivity (Wildman–Crippen MR) is 78.1 cm³/mol. The summed E-state index contributed by atoms with van der Waals surface area (Å²) in [4.78, 5) is 12.6. The van der Waals surface area contributed by atoms with E-state index in [0.29, 0.717) is 25.0 Å². The van der Waals surface area contributed by atoms with Crippen LogP contribution in [0.15, 0.2) is 12.1 Å². The molecule has 2 aliphatic carbocycles. The molecule has 2 aliphatic heterocycles. The molecule has 5 nitrogen and oxygen atoms in total. The minimum Gasteiger partial charge on any atom is -0.504 e. The first-order valence-electron chi connectivity index (χ1n) is 8.00. The fourth-order valence-corrected chi connectivity index (χ4v) is 5.65. The van der Waals surface area contributed by atoms with E-state index in [1.807, 2.05) is 13.0 Å². The van der Waals surface area contributed by atoms with E-state index in [2.05, 4.69) is 5.32 Å². The number of phenols is 1. The van der Waals surface area contributed by atoms with Gasteiger partial charge in [0.2, 0.25) is 0 Å². The molecule has 0 radical (unpaired) electrons. The van der Waals surface area contributed by atoms with E-state index in [1.54, 1.807) is 6.07 Å². The number of carbonyl (C=O) groups is 1. The summed E-state index contributed by atoms with van der Waals surface area (Å²) in [6.45, 7) is 2.71. The standard InChI is InChI=1S/C17H19NO4/c1-8-6-11(20)15-16-4-5-18-12(17(8,16)21)7-9-2-3-10(19)14(22-15)13(9)16/h2-3,8,12,15,18-19,21H,4-7H2,1H3/t8?,12-,15+,16+,17-/m1/s1. The largest absolute Gasteiger partial charge is 0.504 e. The number of benzene rings is 1. The third-order valence-corrected chi connectivity index (χ3v) is 6.48. The van der Waals surface area contributed by atoms with Crippen LogP contribution in [0.3, 0.4) is 0 Å². The first-order chi connectivity index (χ1) is 10.5. The van der Waals surface area contributed by atoms with Crippen molar-refractivity contribution in [2.24, 2.45) is 5.92 Å². The summed E-state index contributed by atoms with van der Waals surface area (Å²) in [6.07, 6.45) is 1.02. The van der Waals surface area contributed by atoms with Crippen LogP contribution in [0, 0.1) is 5.92 Å². The number of ketones is 1. The molecule has 1 saturated heterocycles. The number of rotatable bonds is 0. The Labute approximate surface area is 128 Å². The lowest BCUT2D eigenvalue weighted by molar-refractivity contribution is -0.184. The van der Waals surface area contributed by atoms with Gasteiger partial charge in [0.05, 0.1) is 11.0 Å². The first-order valence-corrected chi connectivity index (χ1v) is 8.00. The number of aliphatic hydroxyl groups is 1. The maximum absolute atomic E-state index is 12.6. The van der Waals surface area contributed by atoms with Crippen LogP contribution < -0.4 is 10.1 Å². The highest BCUT2D eigenvalue weighted by Crippen LogP contribution is 2.64. The Bertz CT molecular complexity index is 717. The molecule has 2 fully saturated rings. The second-order valence-corrected chi connectivity index (χ2v) is 7.27. The maximum atomic E-state index is 12.6. The lowest BCUT2D eigenvalue weighted by Gasteiger charge is -2.62. The van der Waals surface area contributed by atoms with E-state index in [0.717, 1.165) is 17.7 Å². The summed E-state index contributed by atoms with van der Waals surface area (Å²) >= 11 is 0. The summed E-state index contributed by atoms with van der Waals surface area (Å²) in [5.74, 6) is 0.409. The molecule has 1 unspecified atom stereocenters. The molecular formula is C17H19NO4. The zero-order valence-corrected chi connectivity index (χ0v) is 12.4. The number of Topliss-reactive ketones (excluding diaryl/α,β-unsaturated/α-hetero) is 1. The molecule has 0 aromatic heterocycles. The van der Waals surface area contributed by atoms with E-state index in [1.165, 1.54) is 0 Å². The molecule has 5 rings (SSSR count). The average Bonchev–Trinajstić information content (AvgIpc) is 2.81. The van der Waals surface area contributed by atoms with Crippen LogP contribution >= 0.6 is 0 Å². The van der Waals surface area contributed by atoms with Crippen molar-refractivity contribution in [1.82, 2.24) is 5.32 Å². The molecule has 2 heterocycles. The molecule has 1 aromatic rings. The fourth-order valence-electron chi connectivity index (χ4n) is 5.65. The van der Waals surface area contributed by atoms with Crippen LogP contribution in [0.2, 0.25) is 0 Å². The van der Waals surface area contributed by atoms with Gasteiger partial charge in [-0.05, 0) is 36.9 Å². The molecule has 3 N–H and O–H groups in total. The number of piperidine rings is 1. The molecule has 2 bridgehead atoms. The minimum absolute atomic E-state index is 0.0428. The zero-order valence-electron chi connectivity index (χ0n) is 12.4. The molecule has 116 valence electrons. The number of hydrogen-bond donors (Lipinski definition) is 3. The average molecular weight is 301 g/mol. The molecule has 5 heteroatoms. The van der Waals surface area contributed by atoms with Crippen molar-refractivity contribution < 1.29 is 19.7 Å². The molecule has 1 saturated carbocycles. The summed E-state index contributed by atoms with van der Waals surface area (Å²) in [7, 11) is 0. The zero-order chi connectivity index (χ0) is 15.3. The number of phenolic OH excluding ortho intramolecular Hbond substituents is 1. The molecule has 4 aliphatic rings.